The zero-order valence-corrected chi connectivity index (χ0v) is 16.4. The van der Waals surface area contributed by atoms with Gasteiger partial charge in [0, 0.05) is 0 Å². The van der Waals surface area contributed by atoms with E-state index in [9.17, 15) is 0 Å². The van der Waals surface area contributed by atoms with E-state index < -0.39 is 7.87 Å². The van der Waals surface area contributed by atoms with Gasteiger partial charge in [-0.2, -0.15) is 0 Å². The van der Waals surface area contributed by atoms with Crippen molar-refractivity contribution in [3.05, 3.63) is 12.3 Å². The van der Waals surface area contributed by atoms with Crippen molar-refractivity contribution < 1.29 is 4.74 Å². The predicted molar refractivity (Wildman–Crippen MR) is 96.6 cm³/mol. The van der Waals surface area contributed by atoms with Crippen LogP contribution in [-0.4, -0.2) is 79.7 Å². The van der Waals surface area contributed by atoms with Crippen LogP contribution >= 0.6 is 7.87 Å². The first-order valence-corrected chi connectivity index (χ1v) is 9.69. The molecule has 0 aliphatic rings. The van der Waals surface area contributed by atoms with Crippen molar-refractivity contribution in [1.29, 1.82) is 0 Å². The molecule has 0 aromatic rings. The summed E-state index contributed by atoms with van der Waals surface area (Å²) in [6.45, 7) is 17.6. The van der Waals surface area contributed by atoms with E-state index >= 15 is 0 Å². The van der Waals surface area contributed by atoms with E-state index in [0.717, 1.165) is 31.9 Å². The van der Waals surface area contributed by atoms with E-state index in [2.05, 4.69) is 74.1 Å². The standard InChI is InChI=1S/C15H37N4OP/c1-10-16(6)21(17(7)11-2,18(8)12-3)19(15(4)5)13-14-20-9/h21H,4,10-14H2,1-3,5-9H3. The Balaban J connectivity index is 5.95. The van der Waals surface area contributed by atoms with Gasteiger partial charge >= 0.3 is 132 Å². The zero-order valence-electron chi connectivity index (χ0n) is 15.4. The van der Waals surface area contributed by atoms with Gasteiger partial charge in [0.2, 0.25) is 0 Å². The van der Waals surface area contributed by atoms with E-state index in [1.807, 2.05) is 0 Å². The maximum absolute atomic E-state index is 5.34. The van der Waals surface area contributed by atoms with Crippen LogP contribution in [0.15, 0.2) is 12.3 Å². The predicted octanol–water partition coefficient (Wildman–Crippen LogP) is 2.73. The van der Waals surface area contributed by atoms with Gasteiger partial charge in [-0.05, 0) is 0 Å². The van der Waals surface area contributed by atoms with Crippen LogP contribution in [0.25, 0.3) is 0 Å². The molecule has 0 spiro atoms. The number of ether oxygens (including phenoxy) is 1. The van der Waals surface area contributed by atoms with Crippen LogP contribution in [0.5, 0.6) is 0 Å². The number of rotatable bonds is 11. The quantitative estimate of drug-likeness (QED) is 0.545. The first-order chi connectivity index (χ1) is 9.84. The summed E-state index contributed by atoms with van der Waals surface area (Å²) in [4.78, 5) is 0. The Hall–Kier alpha value is -0.190. The van der Waals surface area contributed by atoms with Crippen LogP contribution in [0.4, 0.5) is 0 Å². The molecule has 0 saturated heterocycles. The van der Waals surface area contributed by atoms with Gasteiger partial charge in [-0.25, -0.2) is 0 Å². The first-order valence-electron chi connectivity index (χ1n) is 7.90. The summed E-state index contributed by atoms with van der Waals surface area (Å²) in [5, 5.41) is 0. The monoisotopic (exact) mass is 320 g/mol. The van der Waals surface area contributed by atoms with Gasteiger partial charge in [0.25, 0.3) is 0 Å². The van der Waals surface area contributed by atoms with Gasteiger partial charge in [0.05, 0.1) is 0 Å². The summed E-state index contributed by atoms with van der Waals surface area (Å²) < 4.78 is 15.3. The van der Waals surface area contributed by atoms with Crippen LogP contribution in [0.1, 0.15) is 27.7 Å². The summed E-state index contributed by atoms with van der Waals surface area (Å²) in [5.74, 6) is 0. The Morgan fingerprint density at radius 1 is 0.952 bits per heavy atom. The fourth-order valence-corrected chi connectivity index (χ4v) is 8.07. The minimum absolute atomic E-state index is 0.717. The molecule has 0 fully saturated rings. The van der Waals surface area contributed by atoms with Crippen LogP contribution in [-0.2, 0) is 4.74 Å². The molecule has 0 unspecified atom stereocenters. The van der Waals surface area contributed by atoms with Crippen molar-refractivity contribution >= 4 is 7.87 Å². The van der Waals surface area contributed by atoms with E-state index in [1.165, 1.54) is 0 Å². The average molecular weight is 320 g/mol. The van der Waals surface area contributed by atoms with Gasteiger partial charge in [-0.3, -0.25) is 0 Å². The molecule has 0 aromatic heterocycles. The third kappa shape index (κ3) is 4.40. The molecule has 5 nitrogen and oxygen atoms in total. The molecule has 0 aliphatic heterocycles. The Morgan fingerprint density at radius 3 is 1.57 bits per heavy atom. The number of allylic oxidation sites excluding steroid dienone is 1. The van der Waals surface area contributed by atoms with Crippen LogP contribution in [0, 0.1) is 0 Å². The van der Waals surface area contributed by atoms with Crippen LogP contribution in [0.3, 0.4) is 0 Å². The molecule has 0 aromatic carbocycles. The number of nitrogens with zero attached hydrogens (tertiary/aromatic N) is 4. The fraction of sp³-hybridized carbons (Fsp3) is 0.867. The summed E-state index contributed by atoms with van der Waals surface area (Å²) in [6.07, 6.45) is 0. The molecule has 0 amide bonds. The molecule has 0 aliphatic carbocycles. The zero-order chi connectivity index (χ0) is 16.6. The molecule has 0 rings (SSSR count). The molecule has 0 atom stereocenters. The van der Waals surface area contributed by atoms with Crippen molar-refractivity contribution in [3.63, 3.8) is 0 Å². The van der Waals surface area contributed by atoms with Crippen molar-refractivity contribution in [1.82, 2.24) is 18.7 Å². The molecule has 6 heteroatoms. The molecule has 128 valence electrons. The van der Waals surface area contributed by atoms with Gasteiger partial charge in [0.1, 0.15) is 0 Å². The Morgan fingerprint density at radius 2 is 1.33 bits per heavy atom. The van der Waals surface area contributed by atoms with Crippen molar-refractivity contribution in [2.45, 2.75) is 27.7 Å². The summed E-state index contributed by atoms with van der Waals surface area (Å²) >= 11 is 0. The Bertz CT molecular complexity index is 288. The summed E-state index contributed by atoms with van der Waals surface area (Å²) in [5.41, 5.74) is 1.11. The first kappa shape index (κ1) is 20.8. The average Bonchev–Trinajstić information content (AvgIpc) is 2.48. The van der Waals surface area contributed by atoms with E-state index in [0.29, 0.717) is 6.61 Å². The third-order valence-electron chi connectivity index (χ3n) is 4.30. The van der Waals surface area contributed by atoms with Crippen LogP contribution < -0.4 is 0 Å². The normalized spacial score (nSPS) is 13.3. The van der Waals surface area contributed by atoms with E-state index in [1.54, 1.807) is 7.11 Å². The topological polar surface area (TPSA) is 22.2 Å². The fourth-order valence-electron chi connectivity index (χ4n) is 2.91. The molecule has 0 saturated carbocycles. The number of methoxy groups -OCH3 is 1. The SMILES string of the molecule is C=C(C)N(CCOC)[PH](N(C)CC)(N(C)CC)N(C)CC. The van der Waals surface area contributed by atoms with Gasteiger partial charge < -0.3 is 0 Å². The molecule has 21 heavy (non-hydrogen) atoms. The van der Waals surface area contributed by atoms with Crippen molar-refractivity contribution in [2.24, 2.45) is 0 Å². The number of hydrogen-bond donors (Lipinski definition) is 0. The minimum atomic E-state index is -2.18. The molecular formula is C15H37N4OP. The van der Waals surface area contributed by atoms with Gasteiger partial charge in [0.15, 0.2) is 0 Å². The third-order valence-corrected chi connectivity index (χ3v) is 9.65. The van der Waals surface area contributed by atoms with Gasteiger partial charge in [-0.15, -0.1) is 0 Å². The Labute approximate surface area is 133 Å². The second-order valence-electron chi connectivity index (χ2n) is 5.52. The summed E-state index contributed by atoms with van der Waals surface area (Å²) in [6, 6.07) is 0. The van der Waals surface area contributed by atoms with E-state index in [-0.39, 0.29) is 0 Å². The molecule has 0 heterocycles. The number of hydrogen-bond acceptors (Lipinski definition) is 5. The second-order valence-corrected chi connectivity index (χ2v) is 9.55. The summed E-state index contributed by atoms with van der Waals surface area (Å²) in [7, 11) is 6.27. The second kappa shape index (κ2) is 9.75. The van der Waals surface area contributed by atoms with E-state index in [4.69, 9.17) is 4.74 Å². The van der Waals surface area contributed by atoms with Crippen LogP contribution in [0.2, 0.25) is 0 Å². The molecule has 0 radical (unpaired) electrons. The Kier molecular flexibility index (Phi) is 9.66. The molecule has 0 bridgehead atoms. The van der Waals surface area contributed by atoms with Crippen molar-refractivity contribution in [2.75, 3.05) is 61.0 Å². The van der Waals surface area contributed by atoms with Gasteiger partial charge in [-0.1, -0.05) is 0 Å². The molecular weight excluding hydrogens is 283 g/mol. The molecule has 0 N–H and O–H groups in total. The maximum atomic E-state index is 5.34. The van der Waals surface area contributed by atoms with Crippen molar-refractivity contribution in [3.8, 4) is 0 Å².